The predicted molar refractivity (Wildman–Crippen MR) is 111 cm³/mol. The van der Waals surface area contributed by atoms with Gasteiger partial charge in [-0.15, -0.1) is 11.3 Å². The third-order valence-corrected chi connectivity index (χ3v) is 5.50. The van der Waals surface area contributed by atoms with E-state index < -0.39 is 5.97 Å². The summed E-state index contributed by atoms with van der Waals surface area (Å²) in [5.41, 5.74) is 1.39. The molecule has 3 rings (SSSR count). The summed E-state index contributed by atoms with van der Waals surface area (Å²) in [5.74, 6) is -0.571. The van der Waals surface area contributed by atoms with Crippen molar-refractivity contribution in [1.82, 2.24) is 4.90 Å². The molecule has 7 heteroatoms. The maximum atomic E-state index is 12.6. The molecule has 28 heavy (non-hydrogen) atoms. The summed E-state index contributed by atoms with van der Waals surface area (Å²) in [6, 6.07) is 11.6. The number of ether oxygens (including phenoxy) is 2. The largest absolute Gasteiger partial charge is 0.462 e. The zero-order chi connectivity index (χ0) is 20.1. The second-order valence-electron chi connectivity index (χ2n) is 6.94. The first-order valence-electron chi connectivity index (χ1n) is 9.50. The summed E-state index contributed by atoms with van der Waals surface area (Å²) >= 11 is 1.38. The minimum absolute atomic E-state index is 0.0954. The quantitative estimate of drug-likeness (QED) is 0.747. The summed E-state index contributed by atoms with van der Waals surface area (Å²) in [5, 5.41) is 3.44. The molecule has 0 spiro atoms. The van der Waals surface area contributed by atoms with Crippen LogP contribution in [0.2, 0.25) is 0 Å². The number of esters is 1. The number of nitrogens with zero attached hydrogens (tertiary/aromatic N) is 1. The highest BCUT2D eigenvalue weighted by atomic mass is 32.1. The Morgan fingerprint density at radius 2 is 1.89 bits per heavy atom. The molecule has 0 aliphatic carbocycles. The fourth-order valence-electron chi connectivity index (χ4n) is 3.37. The van der Waals surface area contributed by atoms with Crippen molar-refractivity contribution < 1.29 is 19.1 Å². The number of thiophene rings is 1. The minimum atomic E-state index is -0.426. The molecule has 1 N–H and O–H groups in total. The number of morpholine rings is 1. The molecular weight excluding hydrogens is 376 g/mol. The average Bonchev–Trinajstić information content (AvgIpc) is 3.05. The molecule has 2 atom stereocenters. The lowest BCUT2D eigenvalue weighted by Gasteiger charge is -2.34. The summed E-state index contributed by atoms with van der Waals surface area (Å²) in [6.45, 7) is 7.74. The van der Waals surface area contributed by atoms with Gasteiger partial charge < -0.3 is 14.8 Å². The highest BCUT2D eigenvalue weighted by Crippen LogP contribution is 2.36. The third-order valence-electron chi connectivity index (χ3n) is 4.40. The molecule has 150 valence electrons. The smallest absolute Gasteiger partial charge is 0.341 e. The molecule has 0 bridgehead atoms. The van der Waals surface area contributed by atoms with E-state index in [1.807, 2.05) is 44.2 Å². The first-order valence-corrected chi connectivity index (χ1v) is 10.3. The molecule has 0 saturated carbocycles. The molecule has 1 saturated heterocycles. The fourth-order valence-corrected chi connectivity index (χ4v) is 4.44. The van der Waals surface area contributed by atoms with E-state index in [4.69, 9.17) is 9.47 Å². The maximum absolute atomic E-state index is 12.6. The van der Waals surface area contributed by atoms with E-state index in [0.29, 0.717) is 23.7 Å². The van der Waals surface area contributed by atoms with Crippen LogP contribution in [0.25, 0.3) is 10.4 Å². The molecule has 2 heterocycles. The van der Waals surface area contributed by atoms with Gasteiger partial charge in [-0.05, 0) is 32.4 Å². The molecule has 1 aromatic carbocycles. The molecule has 0 radical (unpaired) electrons. The monoisotopic (exact) mass is 402 g/mol. The van der Waals surface area contributed by atoms with Gasteiger partial charge in [-0.2, -0.15) is 0 Å². The van der Waals surface area contributed by atoms with Crippen LogP contribution in [0, 0.1) is 0 Å². The zero-order valence-electron chi connectivity index (χ0n) is 16.4. The number of hydrogen-bond acceptors (Lipinski definition) is 6. The molecule has 1 aliphatic rings. The van der Waals surface area contributed by atoms with Gasteiger partial charge >= 0.3 is 5.97 Å². The van der Waals surface area contributed by atoms with Gasteiger partial charge in [-0.3, -0.25) is 9.69 Å². The first-order chi connectivity index (χ1) is 13.5. The van der Waals surface area contributed by atoms with E-state index in [2.05, 4.69) is 10.2 Å². The number of anilines is 1. The van der Waals surface area contributed by atoms with Crippen molar-refractivity contribution >= 4 is 28.2 Å². The molecule has 1 amide bonds. The Labute approximate surface area is 169 Å². The maximum Gasteiger partial charge on any atom is 0.341 e. The SMILES string of the molecule is CCOC(=O)c1cc(-c2ccccc2)sc1NC(=O)CN1CC(C)OC(C)C1. The standard InChI is InChI=1S/C21H26N2O4S/c1-4-26-21(25)17-10-18(16-8-6-5-7-9-16)28-20(17)22-19(24)13-23-11-14(2)27-15(3)12-23/h5-10,14-15H,4,11-13H2,1-3H3,(H,22,24). The van der Waals surface area contributed by atoms with Gasteiger partial charge in [0.25, 0.3) is 0 Å². The Bertz CT molecular complexity index is 811. The molecule has 2 aromatic rings. The number of nitrogens with one attached hydrogen (secondary N) is 1. The summed E-state index contributed by atoms with van der Waals surface area (Å²) in [6.07, 6.45) is 0.191. The van der Waals surface area contributed by atoms with Gasteiger partial charge in [-0.25, -0.2) is 4.79 Å². The lowest BCUT2D eigenvalue weighted by Crippen LogP contribution is -2.48. The number of carbonyl (C=O) groups excluding carboxylic acids is 2. The van der Waals surface area contributed by atoms with E-state index in [-0.39, 0.29) is 31.3 Å². The normalized spacial score (nSPS) is 20.0. The molecule has 2 unspecified atom stereocenters. The Hall–Kier alpha value is -2.22. The van der Waals surface area contributed by atoms with Crippen LogP contribution in [0.3, 0.4) is 0 Å². The van der Waals surface area contributed by atoms with Crippen LogP contribution in [-0.4, -0.2) is 55.2 Å². The number of amides is 1. The van der Waals surface area contributed by atoms with E-state index in [9.17, 15) is 9.59 Å². The van der Waals surface area contributed by atoms with E-state index in [0.717, 1.165) is 10.4 Å². The van der Waals surface area contributed by atoms with Crippen LogP contribution in [0.1, 0.15) is 31.1 Å². The van der Waals surface area contributed by atoms with Crippen molar-refractivity contribution in [3.05, 3.63) is 42.0 Å². The van der Waals surface area contributed by atoms with Crippen LogP contribution in [0.4, 0.5) is 5.00 Å². The highest BCUT2D eigenvalue weighted by Gasteiger charge is 2.25. The second kappa shape index (κ2) is 9.32. The topological polar surface area (TPSA) is 67.9 Å². The lowest BCUT2D eigenvalue weighted by molar-refractivity contribution is -0.121. The van der Waals surface area contributed by atoms with Crippen LogP contribution in [-0.2, 0) is 14.3 Å². The van der Waals surface area contributed by atoms with Crippen LogP contribution >= 0.6 is 11.3 Å². The number of rotatable bonds is 6. The van der Waals surface area contributed by atoms with Crippen molar-refractivity contribution in [3.8, 4) is 10.4 Å². The third kappa shape index (κ3) is 5.19. The first kappa shape index (κ1) is 20.5. The van der Waals surface area contributed by atoms with E-state index >= 15 is 0 Å². The molecule has 6 nitrogen and oxygen atoms in total. The van der Waals surface area contributed by atoms with Crippen molar-refractivity contribution in [2.75, 3.05) is 31.6 Å². The van der Waals surface area contributed by atoms with E-state index in [1.54, 1.807) is 13.0 Å². The summed E-state index contributed by atoms with van der Waals surface area (Å²) < 4.78 is 10.9. The second-order valence-corrected chi connectivity index (χ2v) is 7.99. The minimum Gasteiger partial charge on any atom is -0.462 e. The lowest BCUT2D eigenvalue weighted by atomic mass is 10.1. The number of hydrogen-bond donors (Lipinski definition) is 1. The Morgan fingerprint density at radius 1 is 1.21 bits per heavy atom. The van der Waals surface area contributed by atoms with Crippen molar-refractivity contribution in [2.45, 2.75) is 33.0 Å². The van der Waals surface area contributed by atoms with Gasteiger partial charge in [0, 0.05) is 18.0 Å². The molecular formula is C21H26N2O4S. The van der Waals surface area contributed by atoms with Crippen LogP contribution in [0.15, 0.2) is 36.4 Å². The van der Waals surface area contributed by atoms with Gasteiger partial charge in [0.15, 0.2) is 0 Å². The molecule has 1 fully saturated rings. The predicted octanol–water partition coefficient (Wildman–Crippen LogP) is 3.64. The van der Waals surface area contributed by atoms with Gasteiger partial charge in [0.1, 0.15) is 5.00 Å². The highest BCUT2D eigenvalue weighted by molar-refractivity contribution is 7.20. The van der Waals surface area contributed by atoms with Crippen LogP contribution in [0.5, 0.6) is 0 Å². The Balaban J connectivity index is 1.76. The van der Waals surface area contributed by atoms with Crippen molar-refractivity contribution in [3.63, 3.8) is 0 Å². The van der Waals surface area contributed by atoms with Crippen molar-refractivity contribution in [2.24, 2.45) is 0 Å². The average molecular weight is 403 g/mol. The Kier molecular flexibility index (Phi) is 6.83. The van der Waals surface area contributed by atoms with Gasteiger partial charge in [-0.1, -0.05) is 30.3 Å². The number of carbonyl (C=O) groups is 2. The Morgan fingerprint density at radius 3 is 2.54 bits per heavy atom. The summed E-state index contributed by atoms with van der Waals surface area (Å²) in [7, 11) is 0. The zero-order valence-corrected chi connectivity index (χ0v) is 17.3. The fraction of sp³-hybridized carbons (Fsp3) is 0.429. The summed E-state index contributed by atoms with van der Waals surface area (Å²) in [4.78, 5) is 28.0. The van der Waals surface area contributed by atoms with Crippen LogP contribution < -0.4 is 5.32 Å². The van der Waals surface area contributed by atoms with Crippen molar-refractivity contribution in [1.29, 1.82) is 0 Å². The number of benzene rings is 1. The molecule has 1 aromatic heterocycles. The molecule has 1 aliphatic heterocycles. The van der Waals surface area contributed by atoms with Gasteiger partial charge in [0.05, 0.1) is 30.9 Å². The van der Waals surface area contributed by atoms with E-state index in [1.165, 1.54) is 11.3 Å². The van der Waals surface area contributed by atoms with Gasteiger partial charge in [0.2, 0.25) is 5.91 Å².